The van der Waals surface area contributed by atoms with E-state index in [1.807, 2.05) is 25.1 Å². The van der Waals surface area contributed by atoms with Crippen LogP contribution in [-0.4, -0.2) is 12.0 Å². The molecule has 0 heterocycles. The summed E-state index contributed by atoms with van der Waals surface area (Å²) in [7, 11) is 0. The highest BCUT2D eigenvalue weighted by molar-refractivity contribution is 5.77. The maximum atomic E-state index is 11.4. The average Bonchev–Trinajstić information content (AvgIpc) is 2.20. The van der Waals surface area contributed by atoms with Crippen molar-refractivity contribution >= 4 is 5.97 Å². The molecule has 0 radical (unpaired) electrons. The van der Waals surface area contributed by atoms with Gasteiger partial charge >= 0.3 is 5.97 Å². The van der Waals surface area contributed by atoms with Crippen LogP contribution in [0.15, 0.2) is 18.2 Å². The van der Waals surface area contributed by atoms with Gasteiger partial charge in [0.2, 0.25) is 0 Å². The molecular weight excluding hydrogens is 202 g/mol. The first-order valence-electron chi connectivity index (χ1n) is 5.49. The summed E-state index contributed by atoms with van der Waals surface area (Å²) in [4.78, 5) is 11.4. The van der Waals surface area contributed by atoms with Gasteiger partial charge < -0.3 is 10.5 Å². The molecule has 0 fully saturated rings. The fraction of sp³-hybridized carbons (Fsp3) is 0.462. The topological polar surface area (TPSA) is 52.3 Å². The Morgan fingerprint density at radius 3 is 2.44 bits per heavy atom. The molecule has 0 aliphatic heterocycles. The van der Waals surface area contributed by atoms with Crippen molar-refractivity contribution < 1.29 is 9.53 Å². The zero-order chi connectivity index (χ0) is 12.3. The Hall–Kier alpha value is -1.35. The van der Waals surface area contributed by atoms with Gasteiger partial charge in [-0.1, -0.05) is 26.0 Å². The molecule has 3 heteroatoms. The molecular formula is C13H19NO2. The normalized spacial score (nSPS) is 12.6. The fourth-order valence-corrected chi connectivity index (χ4v) is 1.29. The van der Waals surface area contributed by atoms with Gasteiger partial charge in [0.15, 0.2) is 0 Å². The lowest BCUT2D eigenvalue weighted by Crippen LogP contribution is -2.31. The molecule has 0 bridgehead atoms. The summed E-state index contributed by atoms with van der Waals surface area (Å²) in [5, 5.41) is 0. The molecule has 16 heavy (non-hydrogen) atoms. The third kappa shape index (κ3) is 3.07. The van der Waals surface area contributed by atoms with Crippen molar-refractivity contribution in [3.63, 3.8) is 0 Å². The molecule has 0 aliphatic carbocycles. The molecule has 3 nitrogen and oxygen atoms in total. The molecule has 88 valence electrons. The van der Waals surface area contributed by atoms with Crippen LogP contribution >= 0.6 is 0 Å². The first kappa shape index (κ1) is 12.7. The third-order valence-electron chi connectivity index (χ3n) is 2.46. The van der Waals surface area contributed by atoms with Crippen molar-refractivity contribution in [1.29, 1.82) is 0 Å². The van der Waals surface area contributed by atoms with Gasteiger partial charge in [-0.25, -0.2) is 4.79 Å². The standard InChI is InChI=1S/C13H19NO2/c1-8(2)11-6-5-9(3)12(7-11)16-13(15)10(4)14/h5-8,10H,14H2,1-4H3. The number of rotatable bonds is 3. The highest BCUT2D eigenvalue weighted by Crippen LogP contribution is 2.24. The number of hydrogen-bond acceptors (Lipinski definition) is 3. The molecule has 1 rings (SSSR count). The molecule has 2 N–H and O–H groups in total. The lowest BCUT2D eigenvalue weighted by Gasteiger charge is -2.12. The van der Waals surface area contributed by atoms with Crippen molar-refractivity contribution in [1.82, 2.24) is 0 Å². The van der Waals surface area contributed by atoms with E-state index in [4.69, 9.17) is 10.5 Å². The first-order chi connectivity index (χ1) is 7.41. The lowest BCUT2D eigenvalue weighted by atomic mass is 10.0. The SMILES string of the molecule is Cc1ccc(C(C)C)cc1OC(=O)C(C)N. The van der Waals surface area contributed by atoms with E-state index < -0.39 is 12.0 Å². The molecule has 0 aromatic heterocycles. The first-order valence-corrected chi connectivity index (χ1v) is 5.49. The molecule has 1 atom stereocenters. The van der Waals surface area contributed by atoms with Crippen LogP contribution in [0, 0.1) is 6.92 Å². The Morgan fingerprint density at radius 2 is 1.94 bits per heavy atom. The summed E-state index contributed by atoms with van der Waals surface area (Å²) in [6, 6.07) is 5.31. The van der Waals surface area contributed by atoms with Crippen LogP contribution in [0.4, 0.5) is 0 Å². The Balaban J connectivity index is 2.94. The number of nitrogens with two attached hydrogens (primary N) is 1. The number of aryl methyl sites for hydroxylation is 1. The van der Waals surface area contributed by atoms with Crippen LogP contribution in [0.3, 0.4) is 0 Å². The minimum atomic E-state index is -0.595. The zero-order valence-corrected chi connectivity index (χ0v) is 10.3. The second-order valence-corrected chi connectivity index (χ2v) is 4.39. The molecule has 1 aromatic carbocycles. The predicted octanol–water partition coefficient (Wildman–Crippen LogP) is 2.37. The number of hydrogen-bond donors (Lipinski definition) is 1. The van der Waals surface area contributed by atoms with Gasteiger partial charge in [-0.15, -0.1) is 0 Å². The Bertz CT molecular complexity index is 384. The summed E-state index contributed by atoms with van der Waals surface area (Å²) in [6.45, 7) is 7.72. The minimum Gasteiger partial charge on any atom is -0.425 e. The van der Waals surface area contributed by atoms with E-state index in [1.165, 1.54) is 0 Å². The number of esters is 1. The van der Waals surface area contributed by atoms with Crippen molar-refractivity contribution in [2.45, 2.75) is 39.7 Å². The van der Waals surface area contributed by atoms with Gasteiger partial charge in [-0.3, -0.25) is 0 Å². The largest absolute Gasteiger partial charge is 0.425 e. The van der Waals surface area contributed by atoms with Crippen LogP contribution in [-0.2, 0) is 4.79 Å². The number of carbonyl (C=O) groups is 1. The fourth-order valence-electron chi connectivity index (χ4n) is 1.29. The molecule has 1 unspecified atom stereocenters. The summed E-state index contributed by atoms with van der Waals surface area (Å²) < 4.78 is 5.23. The van der Waals surface area contributed by atoms with Gasteiger partial charge in [0.1, 0.15) is 11.8 Å². The quantitative estimate of drug-likeness (QED) is 0.629. The molecule has 0 amide bonds. The van der Waals surface area contributed by atoms with E-state index in [0.717, 1.165) is 11.1 Å². The monoisotopic (exact) mass is 221 g/mol. The van der Waals surface area contributed by atoms with Crippen molar-refractivity contribution in [2.75, 3.05) is 0 Å². The number of ether oxygens (including phenoxy) is 1. The average molecular weight is 221 g/mol. The van der Waals surface area contributed by atoms with Crippen molar-refractivity contribution in [2.24, 2.45) is 5.73 Å². The number of benzene rings is 1. The predicted molar refractivity (Wildman–Crippen MR) is 64.6 cm³/mol. The van der Waals surface area contributed by atoms with Crippen LogP contribution < -0.4 is 10.5 Å². The van der Waals surface area contributed by atoms with E-state index >= 15 is 0 Å². The Kier molecular flexibility index (Phi) is 4.07. The van der Waals surface area contributed by atoms with E-state index in [1.54, 1.807) is 6.92 Å². The molecule has 0 saturated heterocycles. The van der Waals surface area contributed by atoms with Gasteiger partial charge in [0.05, 0.1) is 0 Å². The van der Waals surface area contributed by atoms with Crippen LogP contribution in [0.25, 0.3) is 0 Å². The van der Waals surface area contributed by atoms with Crippen LogP contribution in [0.5, 0.6) is 5.75 Å². The Morgan fingerprint density at radius 1 is 1.31 bits per heavy atom. The molecule has 0 spiro atoms. The second kappa shape index (κ2) is 5.12. The van der Waals surface area contributed by atoms with Gasteiger partial charge in [-0.2, -0.15) is 0 Å². The highest BCUT2D eigenvalue weighted by Gasteiger charge is 2.12. The van der Waals surface area contributed by atoms with Gasteiger partial charge in [-0.05, 0) is 37.0 Å². The Labute approximate surface area is 96.6 Å². The van der Waals surface area contributed by atoms with E-state index in [0.29, 0.717) is 11.7 Å². The smallest absolute Gasteiger partial charge is 0.328 e. The van der Waals surface area contributed by atoms with Gasteiger partial charge in [0.25, 0.3) is 0 Å². The maximum Gasteiger partial charge on any atom is 0.328 e. The third-order valence-corrected chi connectivity index (χ3v) is 2.46. The molecule has 0 saturated carbocycles. The maximum absolute atomic E-state index is 11.4. The second-order valence-electron chi connectivity index (χ2n) is 4.39. The summed E-state index contributed by atoms with van der Waals surface area (Å²) in [5.41, 5.74) is 7.55. The van der Waals surface area contributed by atoms with E-state index in [9.17, 15) is 4.79 Å². The summed E-state index contributed by atoms with van der Waals surface area (Å²) >= 11 is 0. The van der Waals surface area contributed by atoms with E-state index in [-0.39, 0.29) is 0 Å². The van der Waals surface area contributed by atoms with Crippen LogP contribution in [0.1, 0.15) is 37.8 Å². The van der Waals surface area contributed by atoms with Crippen molar-refractivity contribution in [3.8, 4) is 5.75 Å². The van der Waals surface area contributed by atoms with E-state index in [2.05, 4.69) is 13.8 Å². The number of carbonyl (C=O) groups excluding carboxylic acids is 1. The van der Waals surface area contributed by atoms with Crippen LogP contribution in [0.2, 0.25) is 0 Å². The molecule has 1 aromatic rings. The lowest BCUT2D eigenvalue weighted by molar-refractivity contribution is -0.135. The minimum absolute atomic E-state index is 0.399. The zero-order valence-electron chi connectivity index (χ0n) is 10.3. The summed E-state index contributed by atoms with van der Waals surface area (Å²) in [5.74, 6) is 0.617. The molecule has 0 aliphatic rings. The summed E-state index contributed by atoms with van der Waals surface area (Å²) in [6.07, 6.45) is 0. The van der Waals surface area contributed by atoms with Gasteiger partial charge in [0, 0.05) is 0 Å². The highest BCUT2D eigenvalue weighted by atomic mass is 16.5. The van der Waals surface area contributed by atoms with Crippen molar-refractivity contribution in [3.05, 3.63) is 29.3 Å².